The summed E-state index contributed by atoms with van der Waals surface area (Å²) in [6.45, 7) is 4.63. The topological polar surface area (TPSA) is 105 Å². The Morgan fingerprint density at radius 3 is 1.44 bits per heavy atom. The summed E-state index contributed by atoms with van der Waals surface area (Å²) >= 11 is 0. The molecular formula is C55H96N2O6P+. The molecule has 0 aromatic heterocycles. The number of phosphoric ester groups is 1. The summed E-state index contributed by atoms with van der Waals surface area (Å²) in [4.78, 5) is 23.2. The van der Waals surface area contributed by atoms with E-state index in [1.54, 1.807) is 6.08 Å². The molecule has 0 bridgehead atoms. The van der Waals surface area contributed by atoms with Gasteiger partial charge in [-0.2, -0.15) is 0 Å². The van der Waals surface area contributed by atoms with Crippen LogP contribution in [0.4, 0.5) is 0 Å². The Labute approximate surface area is 393 Å². The molecule has 0 aromatic rings. The van der Waals surface area contributed by atoms with Crippen molar-refractivity contribution in [3.8, 4) is 0 Å². The first-order valence-electron chi connectivity index (χ1n) is 25.3. The van der Waals surface area contributed by atoms with E-state index in [2.05, 4.69) is 116 Å². The van der Waals surface area contributed by atoms with Crippen molar-refractivity contribution < 1.29 is 32.9 Å². The van der Waals surface area contributed by atoms with E-state index in [0.29, 0.717) is 17.4 Å². The van der Waals surface area contributed by atoms with Crippen LogP contribution in [0, 0.1) is 0 Å². The maximum absolute atomic E-state index is 12.9. The van der Waals surface area contributed by atoms with Crippen molar-refractivity contribution in [3.05, 3.63) is 109 Å². The fraction of sp³-hybridized carbons (Fsp3) is 0.655. The standard InChI is InChI=1S/C55H95N2O6P/c1-6-8-10-12-14-16-18-20-21-22-23-24-25-26-27-28-29-30-31-32-33-34-35-37-39-41-43-45-47-49-55(59)56-53(52-63-64(60,61)62-51-50-57(3,4)5)54(58)48-46-44-42-40-38-36-19-17-15-13-11-9-7-2/h8,10,14,16,20-21,23-24,26-27,29-30,32-33,38,40,46,48,53-54,58H,6-7,9,11-13,15,17-19,22,25,28,31,34-37,39,41-45,47,49-52H2,1-5H3,(H-,56,59,60,61)/p+1/b10-8-,16-14-,21-20-,24-23-,27-26-,30-29-,33-32-,40-38+,48-46+. The van der Waals surface area contributed by atoms with E-state index in [-0.39, 0.29) is 19.1 Å². The second kappa shape index (κ2) is 45.3. The van der Waals surface area contributed by atoms with E-state index >= 15 is 0 Å². The number of amides is 1. The number of quaternary nitrogens is 1. The predicted molar refractivity (Wildman–Crippen MR) is 276 cm³/mol. The third kappa shape index (κ3) is 47.1. The number of nitrogens with one attached hydrogen (secondary N) is 1. The number of hydrogen-bond acceptors (Lipinski definition) is 5. The molecule has 0 radical (unpaired) electrons. The van der Waals surface area contributed by atoms with Crippen molar-refractivity contribution in [2.45, 2.75) is 193 Å². The zero-order chi connectivity index (χ0) is 47.1. The molecule has 0 rings (SSSR count). The van der Waals surface area contributed by atoms with Gasteiger partial charge in [0.25, 0.3) is 0 Å². The second-order valence-corrected chi connectivity index (χ2v) is 19.3. The van der Waals surface area contributed by atoms with Gasteiger partial charge in [0.1, 0.15) is 13.2 Å². The third-order valence-electron chi connectivity index (χ3n) is 10.5. The molecular weight excluding hydrogens is 816 g/mol. The highest BCUT2D eigenvalue weighted by Gasteiger charge is 2.27. The summed E-state index contributed by atoms with van der Waals surface area (Å²) in [5.41, 5.74) is 0. The Morgan fingerprint density at radius 1 is 0.547 bits per heavy atom. The van der Waals surface area contributed by atoms with E-state index in [1.807, 2.05) is 27.2 Å². The fourth-order valence-electron chi connectivity index (χ4n) is 6.51. The number of allylic oxidation sites excluding steroid dienone is 17. The highest BCUT2D eigenvalue weighted by Crippen LogP contribution is 2.43. The van der Waals surface area contributed by atoms with Crippen molar-refractivity contribution in [3.63, 3.8) is 0 Å². The summed E-state index contributed by atoms with van der Waals surface area (Å²) in [5.74, 6) is -0.205. The van der Waals surface area contributed by atoms with Crippen LogP contribution in [0.1, 0.15) is 181 Å². The number of nitrogens with zero attached hydrogens (tertiary/aromatic N) is 1. The summed E-state index contributed by atoms with van der Waals surface area (Å²) in [6, 6.07) is -0.876. The summed E-state index contributed by atoms with van der Waals surface area (Å²) < 4.78 is 23.6. The molecule has 0 heterocycles. The largest absolute Gasteiger partial charge is 0.472 e. The minimum atomic E-state index is -4.36. The predicted octanol–water partition coefficient (Wildman–Crippen LogP) is 14.9. The lowest BCUT2D eigenvalue weighted by Gasteiger charge is -2.25. The number of carbonyl (C=O) groups is 1. The first-order chi connectivity index (χ1) is 31.0. The van der Waals surface area contributed by atoms with E-state index in [9.17, 15) is 19.4 Å². The van der Waals surface area contributed by atoms with Gasteiger partial charge in [0.15, 0.2) is 0 Å². The Balaban J connectivity index is 4.31. The highest BCUT2D eigenvalue weighted by atomic mass is 31.2. The molecule has 3 N–H and O–H groups in total. The highest BCUT2D eigenvalue weighted by molar-refractivity contribution is 7.47. The van der Waals surface area contributed by atoms with Crippen molar-refractivity contribution in [2.75, 3.05) is 40.9 Å². The van der Waals surface area contributed by atoms with Gasteiger partial charge in [0.2, 0.25) is 5.91 Å². The second-order valence-electron chi connectivity index (χ2n) is 17.8. The molecule has 0 aliphatic carbocycles. The van der Waals surface area contributed by atoms with Gasteiger partial charge < -0.3 is 19.8 Å². The molecule has 3 atom stereocenters. The third-order valence-corrected chi connectivity index (χ3v) is 11.5. The minimum Gasteiger partial charge on any atom is -0.387 e. The number of unbranched alkanes of at least 4 members (excludes halogenated alkanes) is 15. The maximum atomic E-state index is 12.9. The maximum Gasteiger partial charge on any atom is 0.472 e. The van der Waals surface area contributed by atoms with E-state index in [0.717, 1.165) is 96.3 Å². The molecule has 9 heteroatoms. The quantitative estimate of drug-likeness (QED) is 0.0243. The van der Waals surface area contributed by atoms with Crippen molar-refractivity contribution >= 4 is 13.7 Å². The molecule has 0 saturated carbocycles. The first-order valence-corrected chi connectivity index (χ1v) is 26.8. The lowest BCUT2D eigenvalue weighted by molar-refractivity contribution is -0.870. The molecule has 0 aromatic carbocycles. The number of rotatable bonds is 44. The normalized spacial score (nSPS) is 15.0. The molecule has 0 spiro atoms. The minimum absolute atomic E-state index is 0.0476. The number of aliphatic hydroxyl groups is 1. The molecule has 0 aliphatic heterocycles. The van der Waals surface area contributed by atoms with E-state index in [1.165, 1.54) is 64.2 Å². The monoisotopic (exact) mass is 912 g/mol. The summed E-state index contributed by atoms with van der Waals surface area (Å²) in [5, 5.41) is 13.8. The Kier molecular flexibility index (Phi) is 43.3. The Morgan fingerprint density at radius 2 is 0.953 bits per heavy atom. The van der Waals surface area contributed by atoms with E-state index < -0.39 is 20.0 Å². The van der Waals surface area contributed by atoms with Crippen LogP contribution in [0.25, 0.3) is 0 Å². The van der Waals surface area contributed by atoms with Crippen molar-refractivity contribution in [2.24, 2.45) is 0 Å². The van der Waals surface area contributed by atoms with Gasteiger partial charge in [0.05, 0.1) is 39.9 Å². The number of likely N-dealkylation sites (N-methyl/N-ethyl adjacent to an activating group) is 1. The fourth-order valence-corrected chi connectivity index (χ4v) is 7.24. The molecule has 64 heavy (non-hydrogen) atoms. The number of hydrogen-bond donors (Lipinski definition) is 3. The number of carbonyl (C=O) groups excluding carboxylic acids is 1. The lowest BCUT2D eigenvalue weighted by Crippen LogP contribution is -2.45. The molecule has 3 unspecified atom stereocenters. The molecule has 0 fully saturated rings. The van der Waals surface area contributed by atoms with Gasteiger partial charge in [-0.05, 0) is 89.9 Å². The van der Waals surface area contributed by atoms with Crippen LogP contribution >= 0.6 is 7.82 Å². The van der Waals surface area contributed by atoms with Crippen LogP contribution in [0.15, 0.2) is 109 Å². The van der Waals surface area contributed by atoms with Crippen LogP contribution < -0.4 is 5.32 Å². The Bertz CT molecular complexity index is 1400. The summed E-state index contributed by atoms with van der Waals surface area (Å²) in [7, 11) is 1.53. The molecule has 366 valence electrons. The number of phosphoric acid groups is 1. The molecule has 0 aliphatic rings. The van der Waals surface area contributed by atoms with Gasteiger partial charge in [-0.15, -0.1) is 0 Å². The lowest BCUT2D eigenvalue weighted by atomic mass is 10.1. The zero-order valence-corrected chi connectivity index (χ0v) is 42.4. The SMILES string of the molecule is CC/C=C\C/C=C\C/C=C\C/C=C\C/C=C\C/C=C\C/C=C\CCCCCCCCCC(=O)NC(COP(=O)(O)OCC[N+](C)(C)C)C(O)/C=C/CC/C=C/CCCCCCCCC. The summed E-state index contributed by atoms with van der Waals surface area (Å²) in [6.07, 6.45) is 66.0. The van der Waals surface area contributed by atoms with Gasteiger partial charge in [-0.25, -0.2) is 4.57 Å². The van der Waals surface area contributed by atoms with Crippen LogP contribution in [-0.2, 0) is 18.4 Å². The average molecular weight is 912 g/mol. The van der Waals surface area contributed by atoms with Crippen LogP contribution in [-0.4, -0.2) is 73.4 Å². The van der Waals surface area contributed by atoms with Gasteiger partial charge >= 0.3 is 7.82 Å². The van der Waals surface area contributed by atoms with Crippen LogP contribution in [0.5, 0.6) is 0 Å². The number of aliphatic hydroxyl groups excluding tert-OH is 1. The van der Waals surface area contributed by atoms with E-state index in [4.69, 9.17) is 9.05 Å². The van der Waals surface area contributed by atoms with Gasteiger partial charge in [-0.3, -0.25) is 13.8 Å². The van der Waals surface area contributed by atoms with Crippen LogP contribution in [0.2, 0.25) is 0 Å². The van der Waals surface area contributed by atoms with Crippen LogP contribution in [0.3, 0.4) is 0 Å². The Hall–Kier alpha value is -2.84. The van der Waals surface area contributed by atoms with Gasteiger partial charge in [0, 0.05) is 6.42 Å². The smallest absolute Gasteiger partial charge is 0.387 e. The van der Waals surface area contributed by atoms with Gasteiger partial charge in [-0.1, -0.05) is 194 Å². The average Bonchev–Trinajstić information content (AvgIpc) is 3.25. The molecule has 0 saturated heterocycles. The first kappa shape index (κ1) is 61.2. The molecule has 8 nitrogen and oxygen atoms in total. The zero-order valence-electron chi connectivity index (χ0n) is 41.5. The van der Waals surface area contributed by atoms with Crippen molar-refractivity contribution in [1.29, 1.82) is 0 Å². The molecule has 1 amide bonds. The van der Waals surface area contributed by atoms with Crippen molar-refractivity contribution in [1.82, 2.24) is 5.32 Å².